The normalized spacial score (nSPS) is 11.9. The van der Waals surface area contributed by atoms with Crippen LogP contribution in [0.5, 0.6) is 0 Å². The fraction of sp³-hybridized carbons (Fsp3) is 0.273. The van der Waals surface area contributed by atoms with Crippen LogP contribution in [0.3, 0.4) is 0 Å². The van der Waals surface area contributed by atoms with Crippen LogP contribution >= 0.6 is 15.9 Å². The maximum absolute atomic E-state index is 11.3. The average molecular weight is 286 g/mol. The highest BCUT2D eigenvalue weighted by molar-refractivity contribution is 9.10. The summed E-state index contributed by atoms with van der Waals surface area (Å²) in [6.07, 6.45) is 0. The summed E-state index contributed by atoms with van der Waals surface area (Å²) >= 11 is 3.30. The first-order chi connectivity index (χ1) is 7.50. The number of carbonyl (C=O) groups excluding carboxylic acids is 1. The van der Waals surface area contributed by atoms with Gasteiger partial charge in [-0.25, -0.2) is 0 Å². The summed E-state index contributed by atoms with van der Waals surface area (Å²) in [5.74, 6) is -2.61. The van der Waals surface area contributed by atoms with Crippen LogP contribution in [0.15, 0.2) is 28.7 Å². The summed E-state index contributed by atoms with van der Waals surface area (Å²) < 4.78 is 0.960. The van der Waals surface area contributed by atoms with Crippen molar-refractivity contribution in [2.24, 2.45) is 5.92 Å². The van der Waals surface area contributed by atoms with E-state index in [-0.39, 0.29) is 0 Å². The standard InChI is InChI=1S/C11H12BrNO3/c1-7(11(15)16)10(14)13-6-8-2-4-9(12)5-3-8/h2-5,7H,6H2,1H3,(H,13,14)(H,15,16). The Kier molecular flexibility index (Phi) is 4.49. The molecule has 86 valence electrons. The topological polar surface area (TPSA) is 66.4 Å². The molecule has 4 nitrogen and oxygen atoms in total. The number of rotatable bonds is 4. The summed E-state index contributed by atoms with van der Waals surface area (Å²) in [6, 6.07) is 7.44. The molecule has 0 aliphatic carbocycles. The monoisotopic (exact) mass is 285 g/mol. The molecule has 1 aromatic carbocycles. The number of carboxylic acids is 1. The molecular formula is C11H12BrNO3. The lowest BCUT2D eigenvalue weighted by Gasteiger charge is -2.08. The first kappa shape index (κ1) is 12.7. The summed E-state index contributed by atoms with van der Waals surface area (Å²) in [7, 11) is 0. The Hall–Kier alpha value is -1.36. The molecule has 5 heteroatoms. The van der Waals surface area contributed by atoms with E-state index in [0.717, 1.165) is 10.0 Å². The predicted octanol–water partition coefficient (Wildman–Crippen LogP) is 1.79. The van der Waals surface area contributed by atoms with E-state index in [0.29, 0.717) is 6.54 Å². The third kappa shape index (κ3) is 3.66. The van der Waals surface area contributed by atoms with Gasteiger partial charge < -0.3 is 10.4 Å². The number of carbonyl (C=O) groups is 2. The molecule has 1 rings (SSSR count). The van der Waals surface area contributed by atoms with Crippen molar-refractivity contribution >= 4 is 27.8 Å². The molecule has 2 N–H and O–H groups in total. The van der Waals surface area contributed by atoms with Crippen molar-refractivity contribution in [1.82, 2.24) is 5.32 Å². The number of amides is 1. The molecule has 0 radical (unpaired) electrons. The third-order valence-corrected chi connectivity index (χ3v) is 2.67. The van der Waals surface area contributed by atoms with E-state index in [1.54, 1.807) is 0 Å². The second kappa shape index (κ2) is 5.65. The van der Waals surface area contributed by atoms with E-state index in [1.165, 1.54) is 6.92 Å². The van der Waals surface area contributed by atoms with Crippen molar-refractivity contribution in [2.45, 2.75) is 13.5 Å². The van der Waals surface area contributed by atoms with E-state index >= 15 is 0 Å². The van der Waals surface area contributed by atoms with Gasteiger partial charge >= 0.3 is 5.97 Å². The lowest BCUT2D eigenvalue weighted by atomic mass is 10.1. The Morgan fingerprint density at radius 3 is 2.44 bits per heavy atom. The number of nitrogens with one attached hydrogen (secondary N) is 1. The predicted molar refractivity (Wildman–Crippen MR) is 62.8 cm³/mol. The molecule has 1 atom stereocenters. The molecule has 1 unspecified atom stereocenters. The first-order valence-electron chi connectivity index (χ1n) is 4.75. The quantitative estimate of drug-likeness (QED) is 0.829. The number of hydrogen-bond acceptors (Lipinski definition) is 2. The van der Waals surface area contributed by atoms with E-state index in [1.807, 2.05) is 24.3 Å². The first-order valence-corrected chi connectivity index (χ1v) is 5.55. The Morgan fingerprint density at radius 2 is 1.94 bits per heavy atom. The van der Waals surface area contributed by atoms with Crippen molar-refractivity contribution in [2.75, 3.05) is 0 Å². The van der Waals surface area contributed by atoms with Gasteiger partial charge in [0.05, 0.1) is 0 Å². The van der Waals surface area contributed by atoms with Crippen molar-refractivity contribution in [3.8, 4) is 0 Å². The Bertz CT molecular complexity index is 389. The van der Waals surface area contributed by atoms with Crippen molar-refractivity contribution < 1.29 is 14.7 Å². The Morgan fingerprint density at radius 1 is 1.38 bits per heavy atom. The molecule has 0 fully saturated rings. The van der Waals surface area contributed by atoms with Gasteiger partial charge in [-0.2, -0.15) is 0 Å². The fourth-order valence-electron chi connectivity index (χ4n) is 1.06. The second-order valence-corrected chi connectivity index (χ2v) is 4.32. The highest BCUT2D eigenvalue weighted by Crippen LogP contribution is 2.10. The average Bonchev–Trinajstić information content (AvgIpc) is 2.26. The molecule has 0 aromatic heterocycles. The molecule has 0 bridgehead atoms. The lowest BCUT2D eigenvalue weighted by Crippen LogP contribution is -2.33. The number of carboxylic acid groups (broad SMARTS) is 1. The Labute approximate surface area is 102 Å². The van der Waals surface area contributed by atoms with Crippen LogP contribution in [0.2, 0.25) is 0 Å². The summed E-state index contributed by atoms with van der Waals surface area (Å²) in [4.78, 5) is 21.9. The van der Waals surface area contributed by atoms with Crippen LogP contribution in [0.25, 0.3) is 0 Å². The number of benzene rings is 1. The van der Waals surface area contributed by atoms with E-state index in [4.69, 9.17) is 5.11 Å². The van der Waals surface area contributed by atoms with E-state index in [2.05, 4.69) is 21.2 Å². The SMILES string of the molecule is CC(C(=O)O)C(=O)NCc1ccc(Br)cc1. The number of aliphatic carboxylic acids is 1. The van der Waals surface area contributed by atoms with E-state index in [9.17, 15) is 9.59 Å². The summed E-state index contributed by atoms with van der Waals surface area (Å²) in [5, 5.41) is 11.2. The zero-order chi connectivity index (χ0) is 12.1. The zero-order valence-corrected chi connectivity index (χ0v) is 10.3. The van der Waals surface area contributed by atoms with Crippen LogP contribution in [0, 0.1) is 5.92 Å². The molecule has 1 aromatic rings. The molecule has 0 heterocycles. The fourth-order valence-corrected chi connectivity index (χ4v) is 1.32. The minimum atomic E-state index is -1.12. The highest BCUT2D eigenvalue weighted by Gasteiger charge is 2.19. The largest absolute Gasteiger partial charge is 0.481 e. The number of halogens is 1. The van der Waals surface area contributed by atoms with Gasteiger partial charge in [0.2, 0.25) is 5.91 Å². The van der Waals surface area contributed by atoms with Gasteiger partial charge in [-0.3, -0.25) is 9.59 Å². The molecule has 0 aliphatic heterocycles. The summed E-state index contributed by atoms with van der Waals surface area (Å²) in [5.41, 5.74) is 0.925. The molecule has 16 heavy (non-hydrogen) atoms. The van der Waals surface area contributed by atoms with E-state index < -0.39 is 17.8 Å². The van der Waals surface area contributed by atoms with Crippen molar-refractivity contribution in [3.05, 3.63) is 34.3 Å². The van der Waals surface area contributed by atoms with Gasteiger partial charge in [0, 0.05) is 11.0 Å². The minimum absolute atomic E-state index is 0.337. The van der Waals surface area contributed by atoms with Gasteiger partial charge in [-0.1, -0.05) is 28.1 Å². The third-order valence-electron chi connectivity index (χ3n) is 2.14. The van der Waals surface area contributed by atoms with Gasteiger partial charge in [-0.05, 0) is 24.6 Å². The van der Waals surface area contributed by atoms with Crippen molar-refractivity contribution in [3.63, 3.8) is 0 Å². The van der Waals surface area contributed by atoms with Gasteiger partial charge in [-0.15, -0.1) is 0 Å². The van der Waals surface area contributed by atoms with Gasteiger partial charge in [0.25, 0.3) is 0 Å². The molecule has 1 amide bonds. The van der Waals surface area contributed by atoms with Crippen LogP contribution in [-0.2, 0) is 16.1 Å². The van der Waals surface area contributed by atoms with Gasteiger partial charge in [0.1, 0.15) is 5.92 Å². The smallest absolute Gasteiger partial charge is 0.315 e. The van der Waals surface area contributed by atoms with Gasteiger partial charge in [0.15, 0.2) is 0 Å². The minimum Gasteiger partial charge on any atom is -0.481 e. The van der Waals surface area contributed by atoms with Crippen LogP contribution in [0.4, 0.5) is 0 Å². The van der Waals surface area contributed by atoms with Crippen LogP contribution in [0.1, 0.15) is 12.5 Å². The molecule has 0 spiro atoms. The molecule has 0 saturated heterocycles. The molecule has 0 saturated carbocycles. The lowest BCUT2D eigenvalue weighted by molar-refractivity contribution is -0.146. The second-order valence-electron chi connectivity index (χ2n) is 3.40. The van der Waals surface area contributed by atoms with Crippen LogP contribution in [-0.4, -0.2) is 17.0 Å². The highest BCUT2D eigenvalue weighted by atomic mass is 79.9. The van der Waals surface area contributed by atoms with Crippen molar-refractivity contribution in [1.29, 1.82) is 0 Å². The summed E-state index contributed by atoms with van der Waals surface area (Å²) in [6.45, 7) is 1.70. The Balaban J connectivity index is 2.49. The maximum Gasteiger partial charge on any atom is 0.315 e. The maximum atomic E-state index is 11.3. The molecular weight excluding hydrogens is 274 g/mol. The number of hydrogen-bond donors (Lipinski definition) is 2. The van der Waals surface area contributed by atoms with Crippen LogP contribution < -0.4 is 5.32 Å². The molecule has 0 aliphatic rings. The zero-order valence-electron chi connectivity index (χ0n) is 8.74.